The Hall–Kier alpha value is -0.830. The molecule has 0 spiro atoms. The molecule has 1 heterocycles. The van der Waals surface area contributed by atoms with E-state index < -0.39 is 0 Å². The maximum Gasteiger partial charge on any atom is 0.0521 e. The standard InChI is InChI=1S/C11H21N3/c1-9(10(2)6-12)4-5-11-7-13-14(3)8-11/h7-10H,4-6,12H2,1-3H3. The number of aromatic nitrogens is 2. The summed E-state index contributed by atoms with van der Waals surface area (Å²) in [6, 6.07) is 0. The van der Waals surface area contributed by atoms with Gasteiger partial charge in [0.1, 0.15) is 0 Å². The van der Waals surface area contributed by atoms with Gasteiger partial charge in [0.05, 0.1) is 6.20 Å². The molecule has 0 saturated carbocycles. The van der Waals surface area contributed by atoms with Crippen molar-refractivity contribution in [1.29, 1.82) is 0 Å². The van der Waals surface area contributed by atoms with Crippen molar-refractivity contribution in [2.75, 3.05) is 6.54 Å². The second-order valence-electron chi connectivity index (χ2n) is 4.25. The van der Waals surface area contributed by atoms with Gasteiger partial charge < -0.3 is 5.73 Å². The zero-order chi connectivity index (χ0) is 10.6. The van der Waals surface area contributed by atoms with E-state index in [0.717, 1.165) is 13.0 Å². The smallest absolute Gasteiger partial charge is 0.0521 e. The highest BCUT2D eigenvalue weighted by Crippen LogP contribution is 2.16. The Morgan fingerprint density at radius 3 is 2.64 bits per heavy atom. The van der Waals surface area contributed by atoms with Crippen molar-refractivity contribution >= 4 is 0 Å². The summed E-state index contributed by atoms with van der Waals surface area (Å²) in [5.41, 5.74) is 6.95. The first-order chi connectivity index (χ1) is 6.63. The lowest BCUT2D eigenvalue weighted by molar-refractivity contribution is 0.373. The SMILES string of the molecule is CC(CN)C(C)CCc1cnn(C)c1. The topological polar surface area (TPSA) is 43.8 Å². The average Bonchev–Trinajstić information content (AvgIpc) is 2.59. The van der Waals surface area contributed by atoms with Gasteiger partial charge in [-0.15, -0.1) is 0 Å². The quantitative estimate of drug-likeness (QED) is 0.775. The third kappa shape index (κ3) is 3.14. The summed E-state index contributed by atoms with van der Waals surface area (Å²) in [5, 5.41) is 4.15. The zero-order valence-electron chi connectivity index (χ0n) is 9.40. The second-order valence-corrected chi connectivity index (χ2v) is 4.25. The molecular weight excluding hydrogens is 174 g/mol. The van der Waals surface area contributed by atoms with E-state index >= 15 is 0 Å². The first-order valence-electron chi connectivity index (χ1n) is 5.31. The molecule has 0 fully saturated rings. The van der Waals surface area contributed by atoms with Crippen molar-refractivity contribution < 1.29 is 0 Å². The van der Waals surface area contributed by atoms with Crippen LogP contribution in [0.4, 0.5) is 0 Å². The molecule has 1 aromatic heterocycles. The van der Waals surface area contributed by atoms with E-state index in [0.29, 0.717) is 11.8 Å². The molecule has 2 unspecified atom stereocenters. The fourth-order valence-electron chi connectivity index (χ4n) is 1.51. The molecule has 3 heteroatoms. The Bertz CT molecular complexity index is 267. The van der Waals surface area contributed by atoms with Crippen LogP contribution < -0.4 is 5.73 Å². The molecule has 1 aromatic rings. The van der Waals surface area contributed by atoms with Crippen molar-refractivity contribution in [2.45, 2.75) is 26.7 Å². The highest BCUT2D eigenvalue weighted by Gasteiger charge is 2.10. The number of nitrogens with zero attached hydrogens (tertiary/aromatic N) is 2. The van der Waals surface area contributed by atoms with Gasteiger partial charge in [-0.1, -0.05) is 13.8 Å². The molecule has 2 atom stereocenters. The van der Waals surface area contributed by atoms with Gasteiger partial charge in [-0.3, -0.25) is 4.68 Å². The molecule has 3 nitrogen and oxygen atoms in total. The van der Waals surface area contributed by atoms with E-state index in [4.69, 9.17) is 5.73 Å². The van der Waals surface area contributed by atoms with Crippen molar-refractivity contribution in [2.24, 2.45) is 24.6 Å². The summed E-state index contributed by atoms with van der Waals surface area (Å²) >= 11 is 0. The predicted molar refractivity (Wildman–Crippen MR) is 58.9 cm³/mol. The minimum absolute atomic E-state index is 0.617. The first-order valence-corrected chi connectivity index (χ1v) is 5.31. The van der Waals surface area contributed by atoms with Crippen LogP contribution in [0, 0.1) is 11.8 Å². The summed E-state index contributed by atoms with van der Waals surface area (Å²) in [6.07, 6.45) is 6.34. The second kappa shape index (κ2) is 5.15. The van der Waals surface area contributed by atoms with Gasteiger partial charge in [0.25, 0.3) is 0 Å². The summed E-state index contributed by atoms with van der Waals surface area (Å²) in [5.74, 6) is 1.31. The monoisotopic (exact) mass is 195 g/mol. The van der Waals surface area contributed by atoms with Crippen LogP contribution in [0.3, 0.4) is 0 Å². The molecule has 0 aliphatic carbocycles. The maximum atomic E-state index is 5.63. The van der Waals surface area contributed by atoms with Crippen LogP contribution in [0.2, 0.25) is 0 Å². The van der Waals surface area contributed by atoms with E-state index in [1.54, 1.807) is 0 Å². The van der Waals surface area contributed by atoms with Crippen LogP contribution in [-0.4, -0.2) is 16.3 Å². The zero-order valence-corrected chi connectivity index (χ0v) is 9.40. The van der Waals surface area contributed by atoms with Crippen molar-refractivity contribution in [3.05, 3.63) is 18.0 Å². The van der Waals surface area contributed by atoms with Gasteiger partial charge in [0.15, 0.2) is 0 Å². The average molecular weight is 195 g/mol. The van der Waals surface area contributed by atoms with Crippen LogP contribution in [0.25, 0.3) is 0 Å². The Kier molecular flexibility index (Phi) is 4.14. The number of aryl methyl sites for hydroxylation is 2. The number of nitrogens with two attached hydrogens (primary N) is 1. The molecule has 80 valence electrons. The van der Waals surface area contributed by atoms with Gasteiger partial charge in [-0.05, 0) is 36.8 Å². The van der Waals surface area contributed by atoms with E-state index in [-0.39, 0.29) is 0 Å². The van der Waals surface area contributed by atoms with Gasteiger partial charge in [0, 0.05) is 13.2 Å². The van der Waals surface area contributed by atoms with Crippen LogP contribution >= 0.6 is 0 Å². The van der Waals surface area contributed by atoms with Gasteiger partial charge >= 0.3 is 0 Å². The molecular formula is C11H21N3. The lowest BCUT2D eigenvalue weighted by atomic mass is 9.91. The van der Waals surface area contributed by atoms with Crippen molar-refractivity contribution in [3.8, 4) is 0 Å². The van der Waals surface area contributed by atoms with E-state index in [1.807, 2.05) is 17.9 Å². The molecule has 0 amide bonds. The molecule has 0 radical (unpaired) electrons. The summed E-state index contributed by atoms with van der Waals surface area (Å²) in [6.45, 7) is 5.27. The predicted octanol–water partition coefficient (Wildman–Crippen LogP) is 1.58. The third-order valence-corrected chi connectivity index (χ3v) is 2.99. The van der Waals surface area contributed by atoms with Crippen LogP contribution in [0.15, 0.2) is 12.4 Å². The van der Waals surface area contributed by atoms with Gasteiger partial charge in [0.2, 0.25) is 0 Å². The minimum Gasteiger partial charge on any atom is -0.330 e. The molecule has 0 aliphatic rings. The number of hydrogen-bond donors (Lipinski definition) is 1. The maximum absolute atomic E-state index is 5.63. The fourth-order valence-corrected chi connectivity index (χ4v) is 1.51. The summed E-state index contributed by atoms with van der Waals surface area (Å²) in [4.78, 5) is 0. The van der Waals surface area contributed by atoms with Crippen molar-refractivity contribution in [3.63, 3.8) is 0 Å². The van der Waals surface area contributed by atoms with E-state index in [2.05, 4.69) is 25.1 Å². The Morgan fingerprint density at radius 1 is 1.43 bits per heavy atom. The molecule has 0 aromatic carbocycles. The normalized spacial score (nSPS) is 15.4. The molecule has 0 aliphatic heterocycles. The molecule has 0 saturated heterocycles. The molecule has 2 N–H and O–H groups in total. The van der Waals surface area contributed by atoms with Gasteiger partial charge in [-0.2, -0.15) is 5.10 Å². The summed E-state index contributed by atoms with van der Waals surface area (Å²) in [7, 11) is 1.95. The number of hydrogen-bond acceptors (Lipinski definition) is 2. The highest BCUT2D eigenvalue weighted by atomic mass is 15.2. The van der Waals surface area contributed by atoms with Crippen LogP contribution in [0.1, 0.15) is 25.8 Å². The first kappa shape index (κ1) is 11.2. The Labute approximate surface area is 86.3 Å². The fraction of sp³-hybridized carbons (Fsp3) is 0.727. The lowest BCUT2D eigenvalue weighted by Gasteiger charge is -2.17. The molecule has 14 heavy (non-hydrogen) atoms. The molecule has 0 bridgehead atoms. The lowest BCUT2D eigenvalue weighted by Crippen LogP contribution is -2.18. The third-order valence-electron chi connectivity index (χ3n) is 2.99. The Morgan fingerprint density at radius 2 is 2.14 bits per heavy atom. The Balaban J connectivity index is 2.33. The summed E-state index contributed by atoms with van der Waals surface area (Å²) < 4.78 is 1.85. The number of rotatable bonds is 5. The largest absolute Gasteiger partial charge is 0.330 e. The van der Waals surface area contributed by atoms with Gasteiger partial charge in [-0.25, -0.2) is 0 Å². The van der Waals surface area contributed by atoms with E-state index in [1.165, 1.54) is 12.0 Å². The van der Waals surface area contributed by atoms with E-state index in [9.17, 15) is 0 Å². The highest BCUT2D eigenvalue weighted by molar-refractivity contribution is 5.03. The molecule has 1 rings (SSSR count). The van der Waals surface area contributed by atoms with Crippen LogP contribution in [0.5, 0.6) is 0 Å². The minimum atomic E-state index is 0.617. The van der Waals surface area contributed by atoms with Crippen LogP contribution in [-0.2, 0) is 13.5 Å². The van der Waals surface area contributed by atoms with Crippen molar-refractivity contribution in [1.82, 2.24) is 9.78 Å².